The van der Waals surface area contributed by atoms with Gasteiger partial charge in [-0.15, -0.1) is 0 Å². The Labute approximate surface area is 181 Å². The maximum Gasteiger partial charge on any atom is 0.249 e. The van der Waals surface area contributed by atoms with Gasteiger partial charge in [-0.25, -0.2) is 0 Å². The van der Waals surface area contributed by atoms with E-state index in [-0.39, 0.29) is 5.92 Å². The van der Waals surface area contributed by atoms with Crippen LogP contribution in [0.3, 0.4) is 0 Å². The molecule has 31 heavy (non-hydrogen) atoms. The summed E-state index contributed by atoms with van der Waals surface area (Å²) in [6.45, 7) is 2.04. The van der Waals surface area contributed by atoms with E-state index in [1.807, 2.05) is 37.3 Å². The van der Waals surface area contributed by atoms with Gasteiger partial charge in [0.15, 0.2) is 0 Å². The van der Waals surface area contributed by atoms with Crippen molar-refractivity contribution in [2.24, 2.45) is 11.7 Å². The summed E-state index contributed by atoms with van der Waals surface area (Å²) in [5.74, 6) is -0.612. The number of hydrogen-bond acceptors (Lipinski definition) is 4. The third-order valence-corrected chi connectivity index (χ3v) is 5.78. The highest BCUT2D eigenvalue weighted by atomic mass is 16.1. The molecule has 0 saturated carbocycles. The fraction of sp³-hybridized carbons (Fsp3) is 0.231. The van der Waals surface area contributed by atoms with E-state index in [1.54, 1.807) is 18.2 Å². The van der Waals surface area contributed by atoms with E-state index >= 15 is 0 Å². The average molecular weight is 415 g/mol. The van der Waals surface area contributed by atoms with Gasteiger partial charge in [0.1, 0.15) is 18.9 Å². The predicted molar refractivity (Wildman–Crippen MR) is 120 cm³/mol. The molecule has 0 aromatic heterocycles. The second-order valence-electron chi connectivity index (χ2n) is 7.59. The van der Waals surface area contributed by atoms with Gasteiger partial charge in [0.25, 0.3) is 0 Å². The van der Waals surface area contributed by atoms with Crippen LogP contribution in [0.4, 0.5) is 0 Å². The lowest BCUT2D eigenvalue weighted by Crippen LogP contribution is -2.20. The molecule has 1 atom stereocenters. The summed E-state index contributed by atoms with van der Waals surface area (Å²) in [6, 6.07) is 0. The molecule has 2 N–H and O–H groups in total. The van der Waals surface area contributed by atoms with Gasteiger partial charge < -0.3 is 10.5 Å². The molecule has 5 heteroatoms. The lowest BCUT2D eigenvalue weighted by Gasteiger charge is -2.28. The van der Waals surface area contributed by atoms with Crippen molar-refractivity contribution in [3.05, 3.63) is 93.2 Å². The Bertz CT molecular complexity index is 1070. The predicted octanol–water partition coefficient (Wildman–Crippen LogP) is 3.72. The van der Waals surface area contributed by atoms with Crippen molar-refractivity contribution in [3.63, 3.8) is 0 Å². The van der Waals surface area contributed by atoms with E-state index in [0.29, 0.717) is 41.6 Å². The van der Waals surface area contributed by atoms with Crippen LogP contribution in [0.5, 0.6) is 0 Å². The third kappa shape index (κ3) is 4.61. The van der Waals surface area contributed by atoms with Crippen LogP contribution in [0.1, 0.15) is 32.6 Å². The summed E-state index contributed by atoms with van der Waals surface area (Å²) in [5, 5.41) is 0. The molecule has 0 fully saturated rings. The van der Waals surface area contributed by atoms with Crippen LogP contribution in [0.25, 0.3) is 0 Å². The second kappa shape index (κ2) is 9.94. The molecule has 0 heterocycles. The largest absolute Gasteiger partial charge is 0.366 e. The monoisotopic (exact) mass is 415 g/mol. The molecule has 0 spiro atoms. The first kappa shape index (κ1) is 22.1. The first-order chi connectivity index (χ1) is 15.0. The van der Waals surface area contributed by atoms with E-state index in [1.165, 1.54) is 0 Å². The number of carbonyl (C=O) groups is 4. The van der Waals surface area contributed by atoms with Crippen molar-refractivity contribution in [2.45, 2.75) is 32.6 Å². The number of nitrogens with two attached hydrogens (primary N) is 1. The maximum atomic E-state index is 12.0. The first-order valence-corrected chi connectivity index (χ1v) is 10.3. The maximum absolute atomic E-state index is 12.0. The molecule has 3 aliphatic carbocycles. The molecule has 2 bridgehead atoms. The number of amides is 1. The van der Waals surface area contributed by atoms with Gasteiger partial charge >= 0.3 is 0 Å². The summed E-state index contributed by atoms with van der Waals surface area (Å²) in [7, 11) is 0. The minimum atomic E-state index is -0.573. The Morgan fingerprint density at radius 3 is 2.52 bits per heavy atom. The van der Waals surface area contributed by atoms with E-state index in [9.17, 15) is 19.2 Å². The van der Waals surface area contributed by atoms with Gasteiger partial charge in [-0.1, -0.05) is 49.5 Å². The summed E-state index contributed by atoms with van der Waals surface area (Å²) < 4.78 is 0. The van der Waals surface area contributed by atoms with Crippen LogP contribution in [0.2, 0.25) is 0 Å². The van der Waals surface area contributed by atoms with Crippen LogP contribution in [0, 0.1) is 5.92 Å². The van der Waals surface area contributed by atoms with Crippen LogP contribution in [-0.2, 0) is 19.2 Å². The van der Waals surface area contributed by atoms with Crippen LogP contribution < -0.4 is 5.73 Å². The number of primary amides is 1. The Hall–Kier alpha value is -3.60. The van der Waals surface area contributed by atoms with Gasteiger partial charge in [-0.3, -0.25) is 14.4 Å². The molecule has 5 nitrogen and oxygen atoms in total. The molecule has 0 aromatic carbocycles. The van der Waals surface area contributed by atoms with Crippen molar-refractivity contribution in [1.82, 2.24) is 0 Å². The average Bonchev–Trinajstić information content (AvgIpc) is 2.79. The molecule has 0 radical (unpaired) electrons. The quantitative estimate of drug-likeness (QED) is 0.641. The minimum Gasteiger partial charge on any atom is -0.366 e. The number of allylic oxidation sites excluding steroid dienone is 14. The lowest BCUT2D eigenvalue weighted by atomic mass is 9.76. The smallest absolute Gasteiger partial charge is 0.249 e. The zero-order chi connectivity index (χ0) is 22.4. The normalized spacial score (nSPS) is 26.7. The van der Waals surface area contributed by atoms with E-state index in [4.69, 9.17) is 5.73 Å². The fourth-order valence-electron chi connectivity index (χ4n) is 4.18. The third-order valence-electron chi connectivity index (χ3n) is 5.78. The molecule has 3 aliphatic rings. The molecule has 3 rings (SSSR count). The van der Waals surface area contributed by atoms with Gasteiger partial charge in [0.2, 0.25) is 5.91 Å². The summed E-state index contributed by atoms with van der Waals surface area (Å²) >= 11 is 0. The zero-order valence-corrected chi connectivity index (χ0v) is 17.5. The van der Waals surface area contributed by atoms with Crippen LogP contribution in [0.15, 0.2) is 93.2 Å². The Morgan fingerprint density at radius 1 is 1.06 bits per heavy atom. The van der Waals surface area contributed by atoms with E-state index in [0.717, 1.165) is 47.6 Å². The zero-order valence-electron chi connectivity index (χ0n) is 17.5. The van der Waals surface area contributed by atoms with Crippen molar-refractivity contribution in [1.29, 1.82) is 0 Å². The SMILES string of the molecule is CCC1/C=C\C(C=O)=C2/CC(=CC=C2C(N)=O)C2=CC=C(C=O)C/C2=C1\C=C/CC=O. The number of rotatable bonds is 7. The summed E-state index contributed by atoms with van der Waals surface area (Å²) in [6.07, 6.45) is 19.1. The highest BCUT2D eigenvalue weighted by Crippen LogP contribution is 2.41. The van der Waals surface area contributed by atoms with Crippen molar-refractivity contribution in [3.8, 4) is 0 Å². The van der Waals surface area contributed by atoms with Crippen molar-refractivity contribution in [2.75, 3.05) is 0 Å². The number of fused-ring (bicyclic) bond motifs is 4. The highest BCUT2D eigenvalue weighted by molar-refractivity contribution is 6.00. The standard InChI is InChI=1S/C26H25NO4/c1-2-18-7-8-20(16-30)24-14-19(9-11-23(24)26(27)31)22-10-6-17(15-29)13-25(22)21(18)5-3-4-12-28/h3,5-12,15-16,18H,2,4,13-14H2,1H3,(H2,27,31)/b5-3-,8-7-,24-20-,25-21-. The molecule has 0 aliphatic heterocycles. The molecule has 0 saturated heterocycles. The molecular formula is C26H25NO4. The summed E-state index contributed by atoms with van der Waals surface area (Å²) in [4.78, 5) is 46.3. The first-order valence-electron chi connectivity index (χ1n) is 10.3. The van der Waals surface area contributed by atoms with Crippen molar-refractivity contribution < 1.29 is 19.2 Å². The van der Waals surface area contributed by atoms with Crippen molar-refractivity contribution >= 4 is 24.8 Å². The Morgan fingerprint density at radius 2 is 1.87 bits per heavy atom. The molecule has 1 amide bonds. The number of hydrogen-bond donors (Lipinski definition) is 1. The fourth-order valence-corrected chi connectivity index (χ4v) is 4.18. The van der Waals surface area contributed by atoms with E-state index < -0.39 is 5.91 Å². The second-order valence-corrected chi connectivity index (χ2v) is 7.59. The van der Waals surface area contributed by atoms with Gasteiger partial charge in [-0.2, -0.15) is 0 Å². The van der Waals surface area contributed by atoms with Gasteiger partial charge in [0.05, 0.1) is 0 Å². The Balaban J connectivity index is 2.33. The molecule has 1 unspecified atom stereocenters. The number of aldehydes is 3. The summed E-state index contributed by atoms with van der Waals surface area (Å²) in [5.41, 5.74) is 11.5. The lowest BCUT2D eigenvalue weighted by molar-refractivity contribution is -0.114. The highest BCUT2D eigenvalue weighted by Gasteiger charge is 2.27. The van der Waals surface area contributed by atoms with Gasteiger partial charge in [-0.05, 0) is 52.4 Å². The Kier molecular flexibility index (Phi) is 7.08. The van der Waals surface area contributed by atoms with E-state index in [2.05, 4.69) is 0 Å². The van der Waals surface area contributed by atoms with Gasteiger partial charge in [0, 0.05) is 29.9 Å². The topological polar surface area (TPSA) is 94.3 Å². The number of carbonyl (C=O) groups excluding carboxylic acids is 4. The van der Waals surface area contributed by atoms with Crippen LogP contribution in [-0.4, -0.2) is 24.8 Å². The molecular weight excluding hydrogens is 390 g/mol. The molecule has 0 aromatic rings. The minimum absolute atomic E-state index is 0.0386. The molecule has 158 valence electrons. The van der Waals surface area contributed by atoms with Crippen LogP contribution >= 0.6 is 0 Å².